The van der Waals surface area contributed by atoms with Crippen LogP contribution in [0, 0.1) is 0 Å². The highest BCUT2D eigenvalue weighted by Crippen LogP contribution is 2.14. The van der Waals surface area contributed by atoms with Crippen molar-refractivity contribution in [2.75, 3.05) is 27.2 Å². The highest BCUT2D eigenvalue weighted by Gasteiger charge is 2.10. The first kappa shape index (κ1) is 18.9. The summed E-state index contributed by atoms with van der Waals surface area (Å²) in [6.45, 7) is 1.78. The summed E-state index contributed by atoms with van der Waals surface area (Å²) in [5.41, 5.74) is 1.75. The molecule has 0 bridgehead atoms. The summed E-state index contributed by atoms with van der Waals surface area (Å²) >= 11 is 6.02. The van der Waals surface area contributed by atoms with Gasteiger partial charge >= 0.3 is 0 Å². The second-order valence-electron chi connectivity index (χ2n) is 5.71. The molecule has 25 heavy (non-hydrogen) atoms. The van der Waals surface area contributed by atoms with Crippen LogP contribution in [-0.2, 0) is 13.6 Å². The number of halogens is 1. The number of carbonyl (C=O) groups is 1. The van der Waals surface area contributed by atoms with Crippen LogP contribution in [0.5, 0.6) is 0 Å². The van der Waals surface area contributed by atoms with Crippen molar-refractivity contribution in [3.63, 3.8) is 0 Å². The Morgan fingerprint density at radius 3 is 2.52 bits per heavy atom. The molecule has 0 aliphatic carbocycles. The number of aryl methyl sites for hydroxylation is 1. The molecule has 2 aromatic rings. The van der Waals surface area contributed by atoms with Crippen molar-refractivity contribution < 1.29 is 4.79 Å². The molecular weight excluding hydrogens is 338 g/mol. The topological polar surface area (TPSA) is 61.7 Å². The molecular formula is C18H24ClN5O. The van der Waals surface area contributed by atoms with E-state index in [4.69, 9.17) is 11.6 Å². The maximum Gasteiger partial charge on any atom is 0.251 e. The van der Waals surface area contributed by atoms with Crippen molar-refractivity contribution in [1.82, 2.24) is 20.1 Å². The predicted octanol–water partition coefficient (Wildman–Crippen LogP) is 2.12. The Balaban J connectivity index is 1.78. The van der Waals surface area contributed by atoms with Crippen LogP contribution in [0.4, 0.5) is 0 Å². The molecule has 0 aliphatic heterocycles. The number of hydrogen-bond donors (Lipinski definition) is 2. The van der Waals surface area contributed by atoms with Gasteiger partial charge in [-0.25, -0.2) is 0 Å². The minimum absolute atomic E-state index is 0.0794. The lowest BCUT2D eigenvalue weighted by atomic mass is 10.2. The summed E-state index contributed by atoms with van der Waals surface area (Å²) in [5.74, 6) is 0.676. The van der Waals surface area contributed by atoms with Gasteiger partial charge in [0.25, 0.3) is 5.91 Å². The summed E-state index contributed by atoms with van der Waals surface area (Å²) in [7, 11) is 5.66. The van der Waals surface area contributed by atoms with Gasteiger partial charge in [-0.1, -0.05) is 29.8 Å². The van der Waals surface area contributed by atoms with Crippen molar-refractivity contribution in [1.29, 1.82) is 0 Å². The summed E-state index contributed by atoms with van der Waals surface area (Å²) in [6, 6.07) is 11.1. The van der Waals surface area contributed by atoms with Crippen molar-refractivity contribution in [2.24, 2.45) is 12.0 Å². The predicted molar refractivity (Wildman–Crippen MR) is 102 cm³/mol. The molecule has 1 heterocycles. The Morgan fingerprint density at radius 1 is 1.24 bits per heavy atom. The maximum atomic E-state index is 12.0. The van der Waals surface area contributed by atoms with Crippen LogP contribution in [0.25, 0.3) is 0 Å². The average Bonchev–Trinajstić information content (AvgIpc) is 2.92. The molecule has 1 aromatic carbocycles. The van der Waals surface area contributed by atoms with Crippen molar-refractivity contribution >= 4 is 23.5 Å². The quantitative estimate of drug-likeness (QED) is 0.470. The van der Waals surface area contributed by atoms with E-state index in [1.165, 1.54) is 0 Å². The highest BCUT2D eigenvalue weighted by atomic mass is 35.5. The van der Waals surface area contributed by atoms with Gasteiger partial charge in [0.05, 0.1) is 11.6 Å². The molecule has 6 nitrogen and oxygen atoms in total. The van der Waals surface area contributed by atoms with E-state index in [0.717, 1.165) is 16.7 Å². The molecule has 1 amide bonds. The summed E-state index contributed by atoms with van der Waals surface area (Å²) in [6.07, 6.45) is 1.88. The molecule has 1 aromatic heterocycles. The molecule has 0 aliphatic rings. The largest absolute Gasteiger partial charge is 0.354 e. The molecule has 0 saturated carbocycles. The van der Waals surface area contributed by atoms with Gasteiger partial charge in [0, 0.05) is 51.7 Å². The van der Waals surface area contributed by atoms with E-state index in [-0.39, 0.29) is 5.91 Å². The Bertz CT molecular complexity index is 726. The number of hydrogen-bond acceptors (Lipinski definition) is 2. The Labute approximate surface area is 153 Å². The lowest BCUT2D eigenvalue weighted by Crippen LogP contribution is -2.42. The third kappa shape index (κ3) is 5.53. The molecule has 0 saturated heterocycles. The zero-order valence-corrected chi connectivity index (χ0v) is 15.5. The molecule has 0 atom stereocenters. The minimum atomic E-state index is -0.0794. The number of guanidine groups is 1. The molecule has 0 radical (unpaired) electrons. The van der Waals surface area contributed by atoms with Crippen LogP contribution in [-0.4, -0.2) is 48.5 Å². The van der Waals surface area contributed by atoms with Crippen molar-refractivity contribution in [3.8, 4) is 0 Å². The summed E-state index contributed by atoms with van der Waals surface area (Å²) < 4.78 is 1.99. The van der Waals surface area contributed by atoms with Crippen LogP contribution in [0.3, 0.4) is 0 Å². The summed E-state index contributed by atoms with van der Waals surface area (Å²) in [4.78, 5) is 18.3. The van der Waals surface area contributed by atoms with E-state index in [2.05, 4.69) is 15.6 Å². The number of carbonyl (C=O) groups excluding carboxylic acids is 1. The third-order valence-electron chi connectivity index (χ3n) is 3.78. The Hall–Kier alpha value is -2.47. The Morgan fingerprint density at radius 2 is 1.92 bits per heavy atom. The fourth-order valence-electron chi connectivity index (χ4n) is 2.47. The van der Waals surface area contributed by atoms with E-state index in [0.29, 0.717) is 25.2 Å². The van der Waals surface area contributed by atoms with Crippen molar-refractivity contribution in [2.45, 2.75) is 6.54 Å². The first-order chi connectivity index (χ1) is 12.0. The number of rotatable bonds is 6. The second kappa shape index (κ2) is 9.13. The van der Waals surface area contributed by atoms with Crippen LogP contribution in [0.1, 0.15) is 16.1 Å². The molecule has 0 fully saturated rings. The lowest BCUT2D eigenvalue weighted by molar-refractivity contribution is 0.0954. The van der Waals surface area contributed by atoms with E-state index in [1.807, 2.05) is 54.0 Å². The van der Waals surface area contributed by atoms with Gasteiger partial charge in [-0.3, -0.25) is 9.79 Å². The lowest BCUT2D eigenvalue weighted by Gasteiger charge is -2.22. The fourth-order valence-corrected chi connectivity index (χ4v) is 2.74. The molecule has 2 rings (SSSR count). The molecule has 7 heteroatoms. The smallest absolute Gasteiger partial charge is 0.251 e. The van der Waals surface area contributed by atoms with Gasteiger partial charge < -0.3 is 20.1 Å². The maximum absolute atomic E-state index is 12.0. The number of amides is 1. The van der Waals surface area contributed by atoms with Crippen molar-refractivity contribution in [3.05, 3.63) is 58.9 Å². The first-order valence-corrected chi connectivity index (χ1v) is 8.45. The fraction of sp³-hybridized carbons (Fsp3) is 0.333. The zero-order chi connectivity index (χ0) is 18.2. The van der Waals surface area contributed by atoms with Crippen LogP contribution < -0.4 is 10.6 Å². The SMILES string of the molecule is CN=C(NCCNC(=O)c1ccccc1)N(C)Cc1cc(Cl)cn1C. The minimum Gasteiger partial charge on any atom is -0.354 e. The van der Waals surface area contributed by atoms with Crippen LogP contribution in [0.2, 0.25) is 5.02 Å². The highest BCUT2D eigenvalue weighted by molar-refractivity contribution is 6.30. The third-order valence-corrected chi connectivity index (χ3v) is 3.98. The monoisotopic (exact) mass is 361 g/mol. The molecule has 2 N–H and O–H groups in total. The van der Waals surface area contributed by atoms with E-state index >= 15 is 0 Å². The van der Waals surface area contributed by atoms with Gasteiger partial charge in [0.15, 0.2) is 5.96 Å². The number of nitrogens with one attached hydrogen (secondary N) is 2. The first-order valence-electron chi connectivity index (χ1n) is 8.07. The standard InChI is InChI=1S/C18H24ClN5O/c1-20-18(24(3)13-16-11-15(19)12-23(16)2)22-10-9-21-17(25)14-7-5-4-6-8-14/h4-8,11-12H,9-10,13H2,1-3H3,(H,20,22)(H,21,25). The van der Waals surface area contributed by atoms with Crippen LogP contribution >= 0.6 is 11.6 Å². The van der Waals surface area contributed by atoms with Gasteiger partial charge in [-0.05, 0) is 18.2 Å². The number of aliphatic imine (C=N–C) groups is 1. The van der Waals surface area contributed by atoms with Gasteiger partial charge in [0.2, 0.25) is 0 Å². The zero-order valence-electron chi connectivity index (χ0n) is 14.8. The molecule has 0 unspecified atom stereocenters. The molecule has 134 valence electrons. The number of benzene rings is 1. The van der Waals surface area contributed by atoms with Crippen LogP contribution in [0.15, 0.2) is 47.6 Å². The second-order valence-corrected chi connectivity index (χ2v) is 6.15. The summed E-state index contributed by atoms with van der Waals surface area (Å²) in [5, 5.41) is 6.84. The van der Waals surface area contributed by atoms with E-state index in [1.54, 1.807) is 19.2 Å². The number of nitrogens with zero attached hydrogens (tertiary/aromatic N) is 3. The van der Waals surface area contributed by atoms with Gasteiger partial charge in [-0.15, -0.1) is 0 Å². The number of aromatic nitrogens is 1. The van der Waals surface area contributed by atoms with Gasteiger partial charge in [-0.2, -0.15) is 0 Å². The van der Waals surface area contributed by atoms with E-state index < -0.39 is 0 Å². The normalized spacial score (nSPS) is 11.3. The average molecular weight is 362 g/mol. The van der Waals surface area contributed by atoms with Gasteiger partial charge in [0.1, 0.15) is 0 Å². The molecule has 0 spiro atoms. The van der Waals surface area contributed by atoms with E-state index in [9.17, 15) is 4.79 Å². The Kier molecular flexibility index (Phi) is 6.89.